The third-order valence-corrected chi connectivity index (χ3v) is 5.07. The fraction of sp³-hybridized carbons (Fsp3) is 0.500. The first kappa shape index (κ1) is 13.7. The number of fused-ring (bicyclic) bond motifs is 1. The predicted molar refractivity (Wildman–Crippen MR) is 78.5 cm³/mol. The number of amides is 1. The number of nitrogens with zero attached hydrogens (tertiary/aromatic N) is 1. The molecule has 116 valence electrons. The van der Waals surface area contributed by atoms with Crippen LogP contribution in [0, 0.1) is 11.2 Å². The fourth-order valence-electron chi connectivity index (χ4n) is 3.77. The van der Waals surface area contributed by atoms with Crippen molar-refractivity contribution in [1.82, 2.24) is 15.8 Å². The standard InChI is InChI=1S/C16H18FN3O2/c17-10-3-4-11-12(20-22-13(11)7-10)8-18-15(21)14-16(9-19-14)5-1-2-6-16/h3-4,7,14,19H,1-2,5-6,8-9H2,(H,18,21). The Hall–Kier alpha value is -1.95. The van der Waals surface area contributed by atoms with E-state index in [1.54, 1.807) is 6.07 Å². The van der Waals surface area contributed by atoms with Gasteiger partial charge in [-0.25, -0.2) is 4.39 Å². The van der Waals surface area contributed by atoms with Crippen molar-refractivity contribution >= 4 is 16.9 Å². The zero-order valence-electron chi connectivity index (χ0n) is 12.2. The molecule has 2 aromatic rings. The van der Waals surface area contributed by atoms with Crippen LogP contribution in [0.2, 0.25) is 0 Å². The molecule has 2 fully saturated rings. The van der Waals surface area contributed by atoms with Crippen molar-refractivity contribution in [2.75, 3.05) is 6.54 Å². The van der Waals surface area contributed by atoms with Gasteiger partial charge in [-0.05, 0) is 25.0 Å². The van der Waals surface area contributed by atoms with Gasteiger partial charge < -0.3 is 15.2 Å². The summed E-state index contributed by atoms with van der Waals surface area (Å²) in [5.41, 5.74) is 1.19. The molecule has 2 N–H and O–H groups in total. The summed E-state index contributed by atoms with van der Waals surface area (Å²) in [6, 6.07) is 4.20. The van der Waals surface area contributed by atoms with E-state index in [1.807, 2.05) is 0 Å². The van der Waals surface area contributed by atoms with Crippen molar-refractivity contribution in [2.24, 2.45) is 5.41 Å². The smallest absolute Gasteiger partial charge is 0.238 e. The van der Waals surface area contributed by atoms with Gasteiger partial charge in [0.05, 0.1) is 12.6 Å². The first-order chi connectivity index (χ1) is 10.7. The number of rotatable bonds is 3. The second kappa shape index (κ2) is 5.05. The van der Waals surface area contributed by atoms with Crippen LogP contribution in [0.15, 0.2) is 22.7 Å². The largest absolute Gasteiger partial charge is 0.356 e. The highest BCUT2D eigenvalue weighted by atomic mass is 19.1. The van der Waals surface area contributed by atoms with Gasteiger partial charge in [0.1, 0.15) is 11.5 Å². The first-order valence-corrected chi connectivity index (χ1v) is 7.73. The van der Waals surface area contributed by atoms with Gasteiger partial charge in [0.2, 0.25) is 5.91 Å². The van der Waals surface area contributed by atoms with Crippen LogP contribution in [-0.2, 0) is 11.3 Å². The van der Waals surface area contributed by atoms with E-state index in [-0.39, 0.29) is 23.2 Å². The third-order valence-electron chi connectivity index (χ3n) is 5.07. The number of nitrogens with one attached hydrogen (secondary N) is 2. The quantitative estimate of drug-likeness (QED) is 0.911. The van der Waals surface area contributed by atoms with Gasteiger partial charge in [0.15, 0.2) is 5.58 Å². The Bertz CT molecular complexity index is 721. The monoisotopic (exact) mass is 303 g/mol. The van der Waals surface area contributed by atoms with Gasteiger partial charge >= 0.3 is 0 Å². The van der Waals surface area contributed by atoms with Crippen LogP contribution in [0.25, 0.3) is 11.0 Å². The summed E-state index contributed by atoms with van der Waals surface area (Å²) < 4.78 is 18.2. The van der Waals surface area contributed by atoms with Crippen molar-refractivity contribution in [1.29, 1.82) is 0 Å². The molecule has 2 heterocycles. The molecule has 4 rings (SSSR count). The zero-order valence-corrected chi connectivity index (χ0v) is 12.2. The molecule has 1 aromatic heterocycles. The summed E-state index contributed by atoms with van der Waals surface area (Å²) in [5, 5.41) is 10.8. The van der Waals surface area contributed by atoms with E-state index in [9.17, 15) is 9.18 Å². The maximum Gasteiger partial charge on any atom is 0.238 e. The average molecular weight is 303 g/mol. The summed E-state index contributed by atoms with van der Waals surface area (Å²) in [6.07, 6.45) is 4.68. The first-order valence-electron chi connectivity index (χ1n) is 7.73. The summed E-state index contributed by atoms with van der Waals surface area (Å²) in [7, 11) is 0. The highest BCUT2D eigenvalue weighted by Crippen LogP contribution is 2.45. The van der Waals surface area contributed by atoms with Crippen molar-refractivity contribution in [2.45, 2.75) is 38.3 Å². The molecule has 1 amide bonds. The molecular weight excluding hydrogens is 285 g/mol. The summed E-state index contributed by atoms with van der Waals surface area (Å²) in [4.78, 5) is 12.4. The lowest BCUT2D eigenvalue weighted by atomic mass is 9.71. The summed E-state index contributed by atoms with van der Waals surface area (Å²) in [5.74, 6) is -0.340. The maximum absolute atomic E-state index is 13.1. The summed E-state index contributed by atoms with van der Waals surface area (Å²) in [6.45, 7) is 1.24. The van der Waals surface area contributed by atoms with Crippen LogP contribution in [0.3, 0.4) is 0 Å². The van der Waals surface area contributed by atoms with Gasteiger partial charge in [-0.2, -0.15) is 0 Å². The van der Waals surface area contributed by atoms with Crippen LogP contribution in [-0.4, -0.2) is 23.7 Å². The van der Waals surface area contributed by atoms with Crippen LogP contribution < -0.4 is 10.6 Å². The van der Waals surface area contributed by atoms with E-state index >= 15 is 0 Å². The van der Waals surface area contributed by atoms with E-state index in [0.717, 1.165) is 24.8 Å². The minimum atomic E-state index is -0.360. The topological polar surface area (TPSA) is 67.2 Å². The molecule has 1 atom stereocenters. The molecule has 1 aromatic carbocycles. The minimum Gasteiger partial charge on any atom is -0.356 e. The van der Waals surface area contributed by atoms with Crippen molar-refractivity contribution in [3.8, 4) is 0 Å². The molecule has 1 saturated heterocycles. The van der Waals surface area contributed by atoms with Gasteiger partial charge in [0, 0.05) is 23.4 Å². The molecule has 1 aliphatic carbocycles. The molecule has 1 spiro atoms. The summed E-state index contributed by atoms with van der Waals surface area (Å²) >= 11 is 0. The lowest BCUT2D eigenvalue weighted by molar-refractivity contribution is -0.130. The molecule has 1 unspecified atom stereocenters. The SMILES string of the molecule is O=C(NCc1noc2cc(F)ccc12)C1NCC12CCCC2. The van der Waals surface area contributed by atoms with Crippen LogP contribution in [0.4, 0.5) is 4.39 Å². The van der Waals surface area contributed by atoms with E-state index in [0.29, 0.717) is 17.8 Å². The Kier molecular flexibility index (Phi) is 3.14. The molecule has 1 aliphatic heterocycles. The Morgan fingerprint density at radius 2 is 2.27 bits per heavy atom. The third kappa shape index (κ3) is 2.09. The molecule has 5 nitrogen and oxygen atoms in total. The molecule has 22 heavy (non-hydrogen) atoms. The van der Waals surface area contributed by atoms with E-state index < -0.39 is 0 Å². The Morgan fingerprint density at radius 3 is 3.00 bits per heavy atom. The predicted octanol–water partition coefficient (Wildman–Crippen LogP) is 2.12. The lowest BCUT2D eigenvalue weighted by Crippen LogP contribution is -2.67. The molecule has 2 aliphatic rings. The van der Waals surface area contributed by atoms with Gasteiger partial charge in [-0.15, -0.1) is 0 Å². The Morgan fingerprint density at radius 1 is 1.45 bits per heavy atom. The number of aromatic nitrogens is 1. The highest BCUT2D eigenvalue weighted by molar-refractivity contribution is 5.85. The van der Waals surface area contributed by atoms with Gasteiger partial charge in [-0.1, -0.05) is 18.0 Å². The second-order valence-corrected chi connectivity index (χ2v) is 6.37. The molecule has 0 bridgehead atoms. The number of hydrogen-bond donors (Lipinski definition) is 2. The molecule has 1 saturated carbocycles. The lowest BCUT2D eigenvalue weighted by Gasteiger charge is -2.47. The number of hydrogen-bond acceptors (Lipinski definition) is 4. The highest BCUT2D eigenvalue weighted by Gasteiger charge is 2.51. The van der Waals surface area contributed by atoms with E-state index in [2.05, 4.69) is 15.8 Å². The normalized spacial score (nSPS) is 22.9. The molecular formula is C16H18FN3O2. The molecule has 6 heteroatoms. The van der Waals surface area contributed by atoms with E-state index in [4.69, 9.17) is 4.52 Å². The van der Waals surface area contributed by atoms with Gasteiger partial charge in [0.25, 0.3) is 0 Å². The van der Waals surface area contributed by atoms with Crippen LogP contribution >= 0.6 is 0 Å². The Labute approximate surface area is 127 Å². The zero-order chi connectivity index (χ0) is 15.2. The van der Waals surface area contributed by atoms with Crippen molar-refractivity contribution in [3.63, 3.8) is 0 Å². The second-order valence-electron chi connectivity index (χ2n) is 6.37. The van der Waals surface area contributed by atoms with Gasteiger partial charge in [-0.3, -0.25) is 4.79 Å². The average Bonchev–Trinajstić information content (AvgIpc) is 3.12. The Balaban J connectivity index is 1.44. The van der Waals surface area contributed by atoms with Crippen LogP contribution in [0.1, 0.15) is 31.4 Å². The van der Waals surface area contributed by atoms with Crippen molar-refractivity contribution < 1.29 is 13.7 Å². The number of benzene rings is 1. The molecule has 0 radical (unpaired) electrons. The van der Waals surface area contributed by atoms with Crippen LogP contribution in [0.5, 0.6) is 0 Å². The maximum atomic E-state index is 13.1. The number of halogens is 1. The fourth-order valence-corrected chi connectivity index (χ4v) is 3.77. The van der Waals surface area contributed by atoms with E-state index in [1.165, 1.54) is 25.0 Å². The minimum absolute atomic E-state index is 0.0198. The van der Waals surface area contributed by atoms with Crippen molar-refractivity contribution in [3.05, 3.63) is 29.7 Å². The number of carbonyl (C=O) groups excluding carboxylic acids is 1. The number of carbonyl (C=O) groups is 1.